The van der Waals surface area contributed by atoms with Crippen LogP contribution >= 0.6 is 15.9 Å². The maximum absolute atomic E-state index is 13.9. The number of fused-ring (bicyclic) bond motifs is 3. The van der Waals surface area contributed by atoms with Crippen molar-refractivity contribution in [3.05, 3.63) is 125 Å². The van der Waals surface area contributed by atoms with E-state index < -0.39 is 188 Å². The van der Waals surface area contributed by atoms with Crippen LogP contribution in [0.3, 0.4) is 0 Å². The number of H-pyrrole nitrogens is 1. The number of hydrogen-bond donors (Lipinski definition) is 1. The smallest absolute Gasteiger partial charge is 0.399 e. The summed E-state index contributed by atoms with van der Waals surface area (Å²) in [6.07, 6.45) is -29.8. The number of nitrogens with zero attached hydrogens (tertiary/aromatic N) is 14. The molecule has 10 heterocycles. The molecule has 646 valence electrons. The van der Waals surface area contributed by atoms with Crippen molar-refractivity contribution in [2.45, 2.75) is 205 Å². The minimum absolute atomic E-state index is 0.0538. The second kappa shape index (κ2) is 34.1. The Bertz CT molecular complexity index is 5110. The van der Waals surface area contributed by atoms with Crippen molar-refractivity contribution < 1.29 is 142 Å². The lowest BCUT2D eigenvalue weighted by Gasteiger charge is -2.32. The van der Waals surface area contributed by atoms with Crippen LogP contribution in [0.1, 0.15) is 61.9 Å². The van der Waals surface area contributed by atoms with Gasteiger partial charge in [0.1, 0.15) is 37.6 Å². The van der Waals surface area contributed by atoms with Crippen LogP contribution in [0.2, 0.25) is 51.4 Å². The Kier molecular flexibility index (Phi) is 28.3. The molecule has 0 spiro atoms. The van der Waals surface area contributed by atoms with Crippen molar-refractivity contribution in [2.24, 2.45) is 0 Å². The highest BCUT2D eigenvalue weighted by atomic mass is 79.9. The standard InChI is InChI=1S/C20H23F8N5O2Si.C14H19BrF3N3O2Si.C14H9F8N5O.C12H16BF5N2O2.C2HF3O/c1-12-8-32-16(34)14(13-7-29-31(9-13)10-18(21,22)20(26,27)28)15(19(23,24)25)30-17(32)33(12)11-35-5-6-36(2,3)4;1-9-7-20-12(22)10(15)11(14(16,17)18)19-13(20)21(9)8-23-5-6-24(2,3)4;1-6-3-27-10(28)8(9(13(17,18)19)25-11(27)24-6)7-2-23-26(4-7)5-12(15,16)14(20,21)22;1-9(2)10(3,4)22-13(21-9)8-5-19-20(6-8)7-11(14,15)12(16,17)18;3-2(4,5)1-6/h7-9H,5-6,10-11H2,1-4H3;7H,5-6,8H2,1-4H3;2-4H,5H2,1H3,(H,24,25);5-6H,7H2,1-4H3;1H. The summed E-state index contributed by atoms with van der Waals surface area (Å²) in [6.45, 7) is 20.1. The summed E-state index contributed by atoms with van der Waals surface area (Å²) in [7, 11) is -3.55. The Morgan fingerprint density at radius 3 is 1.17 bits per heavy atom. The van der Waals surface area contributed by atoms with Gasteiger partial charge in [-0.1, -0.05) is 39.3 Å². The minimum atomic E-state index is -5.90. The first-order valence-corrected chi connectivity index (χ1v) is 41.2. The van der Waals surface area contributed by atoms with Crippen LogP contribution < -0.4 is 22.1 Å². The highest BCUT2D eigenvalue weighted by Gasteiger charge is 2.60. The van der Waals surface area contributed by atoms with Crippen molar-refractivity contribution >= 4 is 68.3 Å². The van der Waals surface area contributed by atoms with Gasteiger partial charge in [0.2, 0.25) is 23.6 Å². The molecular weight excluding hydrogens is 1740 g/mol. The highest BCUT2D eigenvalue weighted by molar-refractivity contribution is 9.10. The minimum Gasteiger partial charge on any atom is -0.399 e. The van der Waals surface area contributed by atoms with E-state index in [1.807, 2.05) is 0 Å². The average molecular weight is 1810 g/mol. The largest absolute Gasteiger partial charge is 0.498 e. The molecule has 23 nitrogen and oxygen atoms in total. The van der Waals surface area contributed by atoms with E-state index in [0.717, 1.165) is 43.9 Å². The van der Waals surface area contributed by atoms with Gasteiger partial charge in [-0.3, -0.25) is 55.6 Å². The molecule has 0 radical (unpaired) electrons. The van der Waals surface area contributed by atoms with Crippen molar-refractivity contribution in [3.63, 3.8) is 0 Å². The normalized spacial score (nSPS) is 14.8. The fraction of sp³-hybridized carbons (Fsp3) is 0.548. The lowest BCUT2D eigenvalue weighted by molar-refractivity contribution is -0.287. The molecule has 0 atom stereocenters. The fourth-order valence-corrected chi connectivity index (χ4v) is 11.7. The van der Waals surface area contributed by atoms with E-state index in [4.69, 9.17) is 23.6 Å². The van der Waals surface area contributed by atoms with E-state index in [2.05, 4.69) is 90.4 Å². The molecule has 1 fully saturated rings. The third-order valence-corrected chi connectivity index (χ3v) is 20.7. The van der Waals surface area contributed by atoms with Gasteiger partial charge in [0, 0.05) is 106 Å². The number of ether oxygens (including phenoxy) is 2. The summed E-state index contributed by atoms with van der Waals surface area (Å²) in [4.78, 5) is 59.5. The quantitative estimate of drug-likeness (QED) is 0.0343. The number of alkyl halides is 27. The van der Waals surface area contributed by atoms with Crippen LogP contribution in [-0.2, 0) is 75.2 Å². The molecule has 54 heteroatoms. The molecule has 0 unspecified atom stereocenters. The van der Waals surface area contributed by atoms with Gasteiger partial charge in [0.05, 0.1) is 34.7 Å². The first kappa shape index (κ1) is 96.3. The van der Waals surface area contributed by atoms with E-state index in [-0.39, 0.29) is 39.8 Å². The Morgan fingerprint density at radius 1 is 0.483 bits per heavy atom. The van der Waals surface area contributed by atoms with E-state index >= 15 is 0 Å². The zero-order chi connectivity index (χ0) is 88.8. The lowest BCUT2D eigenvalue weighted by atomic mass is 9.82. The third-order valence-electron chi connectivity index (χ3n) is 16.6. The van der Waals surface area contributed by atoms with E-state index in [1.54, 1.807) is 34.6 Å². The highest BCUT2D eigenvalue weighted by Crippen LogP contribution is 2.43. The maximum Gasteiger partial charge on any atom is 0.498 e. The first-order valence-electron chi connectivity index (χ1n) is 32.9. The number of carbonyl (C=O) groups excluding carboxylic acids is 1. The lowest BCUT2D eigenvalue weighted by Crippen LogP contribution is -2.41. The molecule has 1 N–H and O–H groups in total. The summed E-state index contributed by atoms with van der Waals surface area (Å²) >= 11 is 2.70. The number of imidazole rings is 3. The zero-order valence-corrected chi connectivity index (χ0v) is 65.9. The maximum atomic E-state index is 13.9. The number of halogens is 28. The number of hydrogen-bond acceptors (Lipinski definition) is 14. The van der Waals surface area contributed by atoms with Gasteiger partial charge in [-0.05, 0) is 76.5 Å². The van der Waals surface area contributed by atoms with Crippen LogP contribution in [0.5, 0.6) is 0 Å². The van der Waals surface area contributed by atoms with E-state index in [1.165, 1.54) is 35.4 Å². The van der Waals surface area contributed by atoms with Gasteiger partial charge >= 0.3 is 68.1 Å². The van der Waals surface area contributed by atoms with Crippen molar-refractivity contribution in [2.75, 3.05) is 13.2 Å². The number of carbonyl (C=O) groups is 1. The molecule has 1 saturated heterocycles. The first-order chi connectivity index (χ1) is 52.2. The summed E-state index contributed by atoms with van der Waals surface area (Å²) in [6, 6.07) is 1.74. The molecule has 1 aliphatic rings. The molecule has 1 aliphatic heterocycles. The Labute approximate surface area is 646 Å². The van der Waals surface area contributed by atoms with Gasteiger partial charge in [0.15, 0.2) is 17.1 Å². The van der Waals surface area contributed by atoms with Gasteiger partial charge in [-0.2, -0.15) is 134 Å². The SMILES string of the molecule is CC1(C)OB(c2cnn(CC(F)(F)C(F)(F)F)c2)OC1(C)C.Cc1cn2c(=O)c(-c3cnn(CC(F)(F)C(F)(F)F)c3)c(C(F)(F)F)nc2[nH]1.Cc1cn2c(=O)c(-c3cnn(CC(F)(F)C(F)(F)F)c3)c(C(F)(F)F)nc2n1COCC[Si](C)(C)C.Cc1cn2c(=O)c(Br)c(C(F)(F)F)nc2n1COCC[Si](C)(C)C.O=CC(F)(F)F. The predicted octanol–water partition coefficient (Wildman–Crippen LogP) is 15.6. The van der Waals surface area contributed by atoms with Crippen LogP contribution in [0.4, 0.5) is 119 Å². The zero-order valence-electron chi connectivity index (χ0n) is 62.3. The van der Waals surface area contributed by atoms with Gasteiger partial charge in [0.25, 0.3) is 16.7 Å². The number of nitrogens with one attached hydrogen (secondary N) is 1. The number of aldehydes is 1. The fourth-order valence-electron chi connectivity index (χ4n) is 9.72. The molecule has 0 aliphatic carbocycles. The molecule has 0 saturated carbocycles. The van der Waals surface area contributed by atoms with Crippen molar-refractivity contribution in [1.82, 2.24) is 71.6 Å². The summed E-state index contributed by atoms with van der Waals surface area (Å²) < 4.78 is 370. The van der Waals surface area contributed by atoms with Gasteiger partial charge in [-0.15, -0.1) is 0 Å². The number of aromatic nitrogens is 15. The monoisotopic (exact) mass is 1810 g/mol. The Balaban J connectivity index is 0.000000238. The Morgan fingerprint density at radius 2 is 0.819 bits per heavy atom. The number of rotatable bonds is 19. The number of aromatic amines is 1. The summed E-state index contributed by atoms with van der Waals surface area (Å²) in [5.41, 5.74) is -10.6. The molecule has 10 rings (SSSR count). The second-order valence-electron chi connectivity index (χ2n) is 29.1. The number of aryl methyl sites for hydroxylation is 3. The molecule has 0 bridgehead atoms. The predicted molar refractivity (Wildman–Crippen MR) is 365 cm³/mol. The van der Waals surface area contributed by atoms with Crippen LogP contribution in [0, 0.1) is 20.8 Å². The summed E-state index contributed by atoms with van der Waals surface area (Å²) in [5.74, 6) is -16.1. The molecular formula is C62H68BBrF27N15O8Si2. The molecule has 116 heavy (non-hydrogen) atoms. The van der Waals surface area contributed by atoms with Crippen molar-refractivity contribution in [3.8, 4) is 22.3 Å². The van der Waals surface area contributed by atoms with Crippen LogP contribution in [-0.4, -0.2) is 168 Å². The van der Waals surface area contributed by atoms with Gasteiger partial charge < -0.3 is 23.8 Å². The Hall–Kier alpha value is -8.51. The average Bonchev–Trinajstić information content (AvgIpc) is 1.66. The molecule has 9 aromatic rings. The summed E-state index contributed by atoms with van der Waals surface area (Å²) in [5, 5.41) is 10.1. The molecule has 9 aromatic heterocycles. The van der Waals surface area contributed by atoms with Crippen LogP contribution in [0.25, 0.3) is 39.6 Å². The van der Waals surface area contributed by atoms with Gasteiger partial charge in [-0.25, -0.2) is 15.0 Å². The molecule has 0 amide bonds. The van der Waals surface area contributed by atoms with Crippen LogP contribution in [0.15, 0.2) is 74.6 Å². The van der Waals surface area contributed by atoms with E-state index in [0.29, 0.717) is 59.8 Å². The topological polar surface area (TPSA) is 236 Å². The third kappa shape index (κ3) is 23.7. The van der Waals surface area contributed by atoms with Crippen molar-refractivity contribution in [1.29, 1.82) is 0 Å². The molecule has 0 aromatic carbocycles. The van der Waals surface area contributed by atoms with E-state index in [9.17, 15) is 133 Å². The second-order valence-corrected chi connectivity index (χ2v) is 41.1.